The third-order valence-electron chi connectivity index (χ3n) is 6.38. The van der Waals surface area contributed by atoms with E-state index in [4.69, 9.17) is 10.2 Å². The van der Waals surface area contributed by atoms with Crippen molar-refractivity contribution in [3.05, 3.63) is 59.7 Å². The van der Waals surface area contributed by atoms with Crippen LogP contribution in [-0.2, 0) is 16.0 Å². The Bertz CT molecular complexity index is 957. The number of rotatable bonds is 20. The maximum Gasteiger partial charge on any atom is 1.00 e. The number of carboxylic acid groups (broad SMARTS) is 2. The number of unbranched alkanes of at least 4 members (excludes halogenated alkanes) is 6. The Hall–Kier alpha value is -0.510. The van der Waals surface area contributed by atoms with Crippen LogP contribution in [0.15, 0.2) is 53.4 Å². The second-order valence-electron chi connectivity index (χ2n) is 9.60. The van der Waals surface area contributed by atoms with Crippen LogP contribution in [0.25, 0.3) is 0 Å². The van der Waals surface area contributed by atoms with Gasteiger partial charge in [-0.25, -0.2) is 0 Å². The summed E-state index contributed by atoms with van der Waals surface area (Å²) in [6.45, 7) is 2.58. The number of thioether (sulfide) groups is 1. The van der Waals surface area contributed by atoms with Crippen molar-refractivity contribution in [2.24, 2.45) is 0 Å². The molecule has 0 aromatic heterocycles. The van der Waals surface area contributed by atoms with Gasteiger partial charge in [0.15, 0.2) is 0 Å². The van der Waals surface area contributed by atoms with Gasteiger partial charge in [-0.2, -0.15) is 0 Å². The van der Waals surface area contributed by atoms with Crippen LogP contribution in [0.3, 0.4) is 0 Å². The monoisotopic (exact) mass is 577 g/mol. The van der Waals surface area contributed by atoms with Gasteiger partial charge in [0.2, 0.25) is 0 Å². The Morgan fingerprint density at radius 3 is 2.15 bits per heavy atom. The summed E-state index contributed by atoms with van der Waals surface area (Å²) in [4.78, 5) is 22.7. The number of aliphatic hydroxyl groups excluding tert-OH is 1. The van der Waals surface area contributed by atoms with E-state index in [0.29, 0.717) is 19.4 Å². The van der Waals surface area contributed by atoms with E-state index in [1.165, 1.54) is 50.5 Å². The van der Waals surface area contributed by atoms with Crippen LogP contribution in [0.2, 0.25) is 0 Å². The van der Waals surface area contributed by atoms with Crippen molar-refractivity contribution in [2.75, 3.05) is 11.9 Å². The molecule has 4 N–H and O–H groups in total. The molecule has 0 spiro atoms. The molecule has 2 aromatic rings. The molecule has 2 aromatic carbocycles. The Morgan fingerprint density at radius 2 is 1.51 bits per heavy atom. The first-order valence-electron chi connectivity index (χ1n) is 13.6. The fourth-order valence-electron chi connectivity index (χ4n) is 4.28. The van der Waals surface area contributed by atoms with Gasteiger partial charge in [0.1, 0.15) is 0 Å². The minimum absolute atomic E-state index is 0. The van der Waals surface area contributed by atoms with E-state index in [-0.39, 0.29) is 80.1 Å². The van der Waals surface area contributed by atoms with Crippen molar-refractivity contribution in [2.45, 2.75) is 100 Å². The molecule has 0 aliphatic heterocycles. The number of nitrogens with one attached hydrogen (secondary N) is 1. The summed E-state index contributed by atoms with van der Waals surface area (Å²) in [5.74, 6) is -1.70. The molecule has 0 bridgehead atoms. The Morgan fingerprint density at radius 1 is 0.872 bits per heavy atom. The molecule has 0 amide bonds. The number of carboxylic acids is 2. The molecular formula is C30H45NNa2O5S. The summed E-state index contributed by atoms with van der Waals surface area (Å²) in [6.07, 6.45) is 10.2. The van der Waals surface area contributed by atoms with E-state index in [1.54, 1.807) is 11.8 Å². The van der Waals surface area contributed by atoms with Crippen LogP contribution in [0.1, 0.15) is 96.8 Å². The standard InChI is InChI=1S/C30H43NO5S.2Na.2H/c1-2-3-4-5-6-7-8-11-23-16-18-24(19-17-23)30(27(32)14-10-15-28(33)34)37-26-13-9-12-25(22-26)31-21-20-29(35)36;;;;/h9,12-13,16-19,22,27,30-32H,2-8,10-11,14-15,20-21H2,1H3,(H,33,34)(H,35,36);;;;/q;2*+1;2*-1. The molecule has 0 heterocycles. The predicted octanol–water partition coefficient (Wildman–Crippen LogP) is 1.55. The summed E-state index contributed by atoms with van der Waals surface area (Å²) < 4.78 is 0. The van der Waals surface area contributed by atoms with Crippen molar-refractivity contribution in [3.8, 4) is 0 Å². The largest absolute Gasteiger partial charge is 1.00 e. The van der Waals surface area contributed by atoms with Crippen molar-refractivity contribution < 1.29 is 86.9 Å². The first kappa shape index (κ1) is 38.5. The number of hydrogen-bond acceptors (Lipinski definition) is 5. The van der Waals surface area contributed by atoms with Gasteiger partial charge in [0.05, 0.1) is 17.8 Å². The molecule has 0 saturated carbocycles. The third kappa shape index (κ3) is 17.1. The van der Waals surface area contributed by atoms with Gasteiger partial charge in [0, 0.05) is 23.5 Å². The fourth-order valence-corrected chi connectivity index (χ4v) is 5.51. The molecule has 0 aliphatic carbocycles. The van der Waals surface area contributed by atoms with Crippen LogP contribution in [0, 0.1) is 0 Å². The second kappa shape index (κ2) is 23.1. The second-order valence-corrected chi connectivity index (χ2v) is 10.8. The SMILES string of the molecule is CCCCCCCCCc1ccc(C(Sc2cccc(NCCC(=O)O)c2)C(O)CCCC(=O)O)cc1.[H-].[H-].[Na+].[Na+]. The van der Waals surface area contributed by atoms with Crippen molar-refractivity contribution in [3.63, 3.8) is 0 Å². The van der Waals surface area contributed by atoms with Crippen LogP contribution in [0.5, 0.6) is 0 Å². The van der Waals surface area contributed by atoms with Gasteiger partial charge in [0.25, 0.3) is 0 Å². The molecule has 2 atom stereocenters. The average Bonchev–Trinajstić information content (AvgIpc) is 2.87. The molecule has 6 nitrogen and oxygen atoms in total. The maximum absolute atomic E-state index is 11.0. The van der Waals surface area contributed by atoms with E-state index in [0.717, 1.165) is 22.6 Å². The van der Waals surface area contributed by atoms with E-state index in [1.807, 2.05) is 24.3 Å². The van der Waals surface area contributed by atoms with Gasteiger partial charge >= 0.3 is 71.1 Å². The minimum Gasteiger partial charge on any atom is -1.00 e. The summed E-state index contributed by atoms with van der Waals surface area (Å²) >= 11 is 1.55. The summed E-state index contributed by atoms with van der Waals surface area (Å²) in [5, 5.41) is 31.8. The molecular weight excluding hydrogens is 532 g/mol. The molecule has 0 saturated heterocycles. The minimum atomic E-state index is -0.855. The zero-order valence-electron chi connectivity index (χ0n) is 26.0. The molecule has 0 fully saturated rings. The van der Waals surface area contributed by atoms with Crippen LogP contribution >= 0.6 is 11.8 Å². The van der Waals surface area contributed by atoms with Crippen LogP contribution < -0.4 is 64.4 Å². The number of carbonyl (C=O) groups is 2. The van der Waals surface area contributed by atoms with Crippen molar-refractivity contribution in [1.82, 2.24) is 0 Å². The maximum atomic E-state index is 11.0. The topological polar surface area (TPSA) is 107 Å². The van der Waals surface area contributed by atoms with Crippen LogP contribution in [0.4, 0.5) is 5.69 Å². The zero-order chi connectivity index (χ0) is 26.9. The summed E-state index contributed by atoms with van der Waals surface area (Å²) in [7, 11) is 0. The quantitative estimate of drug-likeness (QED) is 0.108. The smallest absolute Gasteiger partial charge is 1.00 e. The van der Waals surface area contributed by atoms with Gasteiger partial charge in [-0.3, -0.25) is 9.59 Å². The molecule has 208 valence electrons. The van der Waals surface area contributed by atoms with E-state index >= 15 is 0 Å². The molecule has 39 heavy (non-hydrogen) atoms. The van der Waals surface area contributed by atoms with Gasteiger partial charge in [-0.05, 0) is 55.0 Å². The molecule has 0 radical (unpaired) electrons. The van der Waals surface area contributed by atoms with Gasteiger partial charge in [-0.1, -0.05) is 75.8 Å². The Kier molecular flexibility index (Phi) is 22.8. The molecule has 2 unspecified atom stereocenters. The first-order valence-corrected chi connectivity index (χ1v) is 14.5. The Balaban J connectivity index is -0.00000361. The zero-order valence-corrected chi connectivity index (χ0v) is 28.8. The van der Waals surface area contributed by atoms with Crippen molar-refractivity contribution in [1.29, 1.82) is 0 Å². The number of benzene rings is 2. The third-order valence-corrected chi connectivity index (χ3v) is 7.75. The number of aliphatic carboxylic acids is 2. The van der Waals surface area contributed by atoms with Gasteiger partial charge < -0.3 is 23.5 Å². The van der Waals surface area contributed by atoms with E-state index in [2.05, 4.69) is 36.5 Å². The number of anilines is 1. The number of aliphatic hydroxyl groups is 1. The molecule has 9 heteroatoms. The fraction of sp³-hybridized carbons (Fsp3) is 0.533. The average molecular weight is 578 g/mol. The predicted molar refractivity (Wildman–Crippen MR) is 154 cm³/mol. The van der Waals surface area contributed by atoms with Crippen LogP contribution in [-0.4, -0.2) is 39.9 Å². The Labute approximate surface area is 285 Å². The first-order chi connectivity index (χ1) is 17.9. The van der Waals surface area contributed by atoms with Gasteiger partial charge in [-0.15, -0.1) is 11.8 Å². The number of aryl methyl sites for hydroxylation is 1. The number of hydrogen-bond donors (Lipinski definition) is 4. The molecule has 2 rings (SSSR count). The molecule has 0 aliphatic rings. The normalized spacial score (nSPS) is 12.1. The van der Waals surface area contributed by atoms with E-state index < -0.39 is 18.0 Å². The summed E-state index contributed by atoms with van der Waals surface area (Å²) in [6, 6.07) is 16.2. The van der Waals surface area contributed by atoms with Crippen molar-refractivity contribution >= 4 is 29.4 Å². The summed E-state index contributed by atoms with van der Waals surface area (Å²) in [5.41, 5.74) is 3.14. The van der Waals surface area contributed by atoms with E-state index in [9.17, 15) is 14.7 Å².